The minimum absolute atomic E-state index is 0.154. The number of amides is 3. The highest BCUT2D eigenvalue weighted by Crippen LogP contribution is 2.31. The number of pyridine rings is 1. The number of piperidine rings is 1. The highest BCUT2D eigenvalue weighted by molar-refractivity contribution is 6.05. The van der Waals surface area contributed by atoms with Gasteiger partial charge in [0.05, 0.1) is 11.8 Å². The van der Waals surface area contributed by atoms with Crippen LogP contribution in [0.15, 0.2) is 36.5 Å². The van der Waals surface area contributed by atoms with Crippen molar-refractivity contribution in [2.75, 3.05) is 6.54 Å². The lowest BCUT2D eigenvalue weighted by atomic mass is 9.99. The molecule has 160 valence electrons. The molecule has 8 nitrogen and oxygen atoms in total. The molecule has 31 heavy (non-hydrogen) atoms. The zero-order valence-electron chi connectivity index (χ0n) is 17.2. The summed E-state index contributed by atoms with van der Waals surface area (Å²) in [5, 5.41) is 12.1. The van der Waals surface area contributed by atoms with Gasteiger partial charge >= 0.3 is 0 Å². The summed E-state index contributed by atoms with van der Waals surface area (Å²) < 4.78 is 0. The highest BCUT2D eigenvalue weighted by Gasteiger charge is 2.39. The molecule has 1 unspecified atom stereocenters. The zero-order chi connectivity index (χ0) is 21.7. The Morgan fingerprint density at radius 1 is 1.19 bits per heavy atom. The van der Waals surface area contributed by atoms with E-state index in [-0.39, 0.29) is 30.4 Å². The first-order valence-electron chi connectivity index (χ1n) is 10.6. The summed E-state index contributed by atoms with van der Waals surface area (Å²) in [4.78, 5) is 44.8. The second kappa shape index (κ2) is 7.55. The Morgan fingerprint density at radius 3 is 2.77 bits per heavy atom. The lowest BCUT2D eigenvalue weighted by Gasteiger charge is -2.43. The molecule has 0 spiro atoms. The van der Waals surface area contributed by atoms with Crippen molar-refractivity contribution in [3.8, 4) is 11.3 Å². The van der Waals surface area contributed by atoms with Gasteiger partial charge < -0.3 is 10.0 Å². The Balaban J connectivity index is 1.35. The van der Waals surface area contributed by atoms with Crippen molar-refractivity contribution in [2.24, 2.45) is 0 Å². The summed E-state index contributed by atoms with van der Waals surface area (Å²) >= 11 is 0. The standard InChI is InChI=1S/C23H24N4O4/c1-13-20(28)12-26(13)10-14-6-7-24-18(8-14)15-2-3-17-16(9-15)11-27(23(17)31)19-4-5-21(29)25-22(19)30/h2-3,6-9,13,19-20,28H,4-5,10-12H2,1H3,(H,25,29,30)/t13-,19?,20+/m0/s1. The minimum Gasteiger partial charge on any atom is -0.390 e. The predicted octanol–water partition coefficient (Wildman–Crippen LogP) is 1.07. The van der Waals surface area contributed by atoms with Crippen molar-refractivity contribution in [3.05, 3.63) is 53.2 Å². The molecule has 2 aromatic rings. The van der Waals surface area contributed by atoms with E-state index >= 15 is 0 Å². The van der Waals surface area contributed by atoms with Crippen LogP contribution >= 0.6 is 0 Å². The monoisotopic (exact) mass is 420 g/mol. The van der Waals surface area contributed by atoms with Gasteiger partial charge in [-0.05, 0) is 48.7 Å². The van der Waals surface area contributed by atoms with E-state index in [9.17, 15) is 19.5 Å². The molecule has 3 aliphatic rings. The molecule has 0 bridgehead atoms. The SMILES string of the molecule is C[C@H]1[C@H](O)CN1Cc1ccnc(-c2ccc3c(c2)CN(C2CCC(=O)NC2=O)C3=O)c1. The Hall–Kier alpha value is -3.10. The first-order chi connectivity index (χ1) is 14.9. The summed E-state index contributed by atoms with van der Waals surface area (Å²) in [5.41, 5.74) is 4.30. The van der Waals surface area contributed by atoms with Crippen molar-refractivity contribution in [3.63, 3.8) is 0 Å². The normalized spacial score (nSPS) is 25.9. The van der Waals surface area contributed by atoms with Crippen LogP contribution in [0, 0.1) is 0 Å². The van der Waals surface area contributed by atoms with Crippen molar-refractivity contribution in [2.45, 2.75) is 51.0 Å². The first-order valence-corrected chi connectivity index (χ1v) is 10.6. The van der Waals surface area contributed by atoms with Gasteiger partial charge in [-0.25, -0.2) is 0 Å². The number of likely N-dealkylation sites (tertiary alicyclic amines) is 1. The van der Waals surface area contributed by atoms with E-state index in [1.54, 1.807) is 17.2 Å². The molecule has 0 aliphatic carbocycles. The number of rotatable bonds is 4. The maximum Gasteiger partial charge on any atom is 0.255 e. The number of benzene rings is 1. The summed E-state index contributed by atoms with van der Waals surface area (Å²) in [5.74, 6) is -0.874. The van der Waals surface area contributed by atoms with Crippen LogP contribution in [0.25, 0.3) is 11.3 Å². The van der Waals surface area contributed by atoms with Gasteiger partial charge in [-0.2, -0.15) is 0 Å². The number of carbonyl (C=O) groups excluding carboxylic acids is 3. The van der Waals surface area contributed by atoms with Crippen molar-refractivity contribution < 1.29 is 19.5 Å². The van der Waals surface area contributed by atoms with Crippen molar-refractivity contribution >= 4 is 17.7 Å². The van der Waals surface area contributed by atoms with Gasteiger partial charge in [0.2, 0.25) is 11.8 Å². The third-order valence-corrected chi connectivity index (χ3v) is 6.58. The molecule has 4 heterocycles. The van der Waals surface area contributed by atoms with Gasteiger partial charge in [0.15, 0.2) is 0 Å². The number of nitrogens with one attached hydrogen (secondary N) is 1. The Labute approximate surface area is 179 Å². The third kappa shape index (κ3) is 3.51. The topological polar surface area (TPSA) is 103 Å². The molecule has 3 aliphatic heterocycles. The Kier molecular flexibility index (Phi) is 4.83. The number of aromatic nitrogens is 1. The van der Waals surface area contributed by atoms with E-state index in [1.165, 1.54) is 0 Å². The predicted molar refractivity (Wildman–Crippen MR) is 112 cm³/mol. The fourth-order valence-corrected chi connectivity index (χ4v) is 4.57. The van der Waals surface area contributed by atoms with E-state index < -0.39 is 11.9 Å². The molecule has 3 atom stereocenters. The highest BCUT2D eigenvalue weighted by atomic mass is 16.3. The van der Waals surface area contributed by atoms with Gasteiger partial charge in [0.25, 0.3) is 5.91 Å². The van der Waals surface area contributed by atoms with E-state index in [0.29, 0.717) is 25.1 Å². The molecule has 1 aromatic heterocycles. The molecule has 1 aromatic carbocycles. The van der Waals surface area contributed by atoms with Crippen LogP contribution in [0.2, 0.25) is 0 Å². The fourth-order valence-electron chi connectivity index (χ4n) is 4.57. The summed E-state index contributed by atoms with van der Waals surface area (Å²) in [6.07, 6.45) is 2.11. The molecule has 2 saturated heterocycles. The van der Waals surface area contributed by atoms with Crippen LogP contribution in [0.3, 0.4) is 0 Å². The van der Waals surface area contributed by atoms with Gasteiger partial charge in [0.1, 0.15) is 6.04 Å². The van der Waals surface area contributed by atoms with E-state index in [0.717, 1.165) is 28.9 Å². The number of aliphatic hydroxyl groups excluding tert-OH is 1. The number of nitrogens with zero attached hydrogens (tertiary/aromatic N) is 3. The average Bonchev–Trinajstić information content (AvgIpc) is 3.09. The van der Waals surface area contributed by atoms with E-state index in [4.69, 9.17) is 0 Å². The first kappa shape index (κ1) is 19.8. The molecule has 3 amide bonds. The summed E-state index contributed by atoms with van der Waals surface area (Å²) in [7, 11) is 0. The maximum absolute atomic E-state index is 12.9. The molecule has 2 N–H and O–H groups in total. The van der Waals surface area contributed by atoms with Crippen molar-refractivity contribution in [1.29, 1.82) is 0 Å². The number of β-amino-alcohol motifs (C(OH)–C–C–N with tert-alkyl or cyclic N) is 1. The van der Waals surface area contributed by atoms with Crippen LogP contribution in [-0.4, -0.2) is 62.3 Å². The lowest BCUT2D eigenvalue weighted by molar-refractivity contribution is -0.136. The van der Waals surface area contributed by atoms with Gasteiger partial charge in [0, 0.05) is 49.4 Å². The van der Waals surface area contributed by atoms with Gasteiger partial charge in [-0.3, -0.25) is 29.6 Å². The smallest absolute Gasteiger partial charge is 0.255 e. The van der Waals surface area contributed by atoms with Crippen LogP contribution in [0.5, 0.6) is 0 Å². The summed E-state index contributed by atoms with van der Waals surface area (Å²) in [6.45, 7) is 3.79. The van der Waals surface area contributed by atoms with Gasteiger partial charge in [-0.15, -0.1) is 0 Å². The number of hydrogen-bond acceptors (Lipinski definition) is 6. The zero-order valence-corrected chi connectivity index (χ0v) is 17.2. The number of imide groups is 1. The molecule has 0 saturated carbocycles. The molecule has 8 heteroatoms. The number of carbonyl (C=O) groups is 3. The van der Waals surface area contributed by atoms with E-state index in [1.807, 2.05) is 31.2 Å². The second-order valence-electron chi connectivity index (χ2n) is 8.56. The van der Waals surface area contributed by atoms with Gasteiger partial charge in [-0.1, -0.05) is 6.07 Å². The molecule has 2 fully saturated rings. The Morgan fingerprint density at radius 2 is 2.03 bits per heavy atom. The number of hydrogen-bond donors (Lipinski definition) is 2. The molecule has 0 radical (unpaired) electrons. The quantitative estimate of drug-likeness (QED) is 0.718. The fraction of sp³-hybridized carbons (Fsp3) is 0.391. The largest absolute Gasteiger partial charge is 0.390 e. The average molecular weight is 420 g/mol. The molecular formula is C23H24N4O4. The number of aliphatic hydroxyl groups is 1. The van der Waals surface area contributed by atoms with Crippen LogP contribution in [0.1, 0.15) is 41.3 Å². The van der Waals surface area contributed by atoms with E-state index in [2.05, 4.69) is 15.2 Å². The second-order valence-corrected chi connectivity index (χ2v) is 8.56. The summed E-state index contributed by atoms with van der Waals surface area (Å²) in [6, 6.07) is 9.18. The van der Waals surface area contributed by atoms with Crippen LogP contribution < -0.4 is 5.32 Å². The third-order valence-electron chi connectivity index (χ3n) is 6.58. The number of fused-ring (bicyclic) bond motifs is 1. The minimum atomic E-state index is -0.614. The Bertz CT molecular complexity index is 1080. The maximum atomic E-state index is 12.9. The van der Waals surface area contributed by atoms with Crippen LogP contribution in [0.4, 0.5) is 0 Å². The van der Waals surface area contributed by atoms with Crippen molar-refractivity contribution in [1.82, 2.24) is 20.1 Å². The molecule has 5 rings (SSSR count). The lowest BCUT2D eigenvalue weighted by Crippen LogP contribution is -2.57. The molecular weight excluding hydrogens is 396 g/mol. The van der Waals surface area contributed by atoms with Crippen LogP contribution in [-0.2, 0) is 22.7 Å².